The van der Waals surface area contributed by atoms with E-state index >= 15 is 0 Å². The van der Waals surface area contributed by atoms with Gasteiger partial charge in [0.05, 0.1) is 11.9 Å². The van der Waals surface area contributed by atoms with Gasteiger partial charge in [-0.3, -0.25) is 0 Å². The highest BCUT2D eigenvalue weighted by molar-refractivity contribution is 7.10. The summed E-state index contributed by atoms with van der Waals surface area (Å²) in [5.41, 5.74) is 2.31. The normalized spacial score (nSPS) is 12.6. The molecule has 2 heterocycles. The Bertz CT molecular complexity index is 866. The molecule has 5 heteroatoms. The minimum absolute atomic E-state index is 0.0997. The summed E-state index contributed by atoms with van der Waals surface area (Å²) in [5, 5.41) is 12.5. The zero-order valence-electron chi connectivity index (χ0n) is 12.6. The minimum Gasteiger partial charge on any atom is -0.508 e. The van der Waals surface area contributed by atoms with Gasteiger partial charge in [-0.2, -0.15) is 0 Å². The van der Waals surface area contributed by atoms with Gasteiger partial charge in [-0.25, -0.2) is 4.79 Å². The average Bonchev–Trinajstić information content (AvgIpc) is 2.83. The lowest BCUT2D eigenvalue weighted by Gasteiger charge is -2.14. The number of hydrogen-bond donors (Lipinski definition) is 2. The van der Waals surface area contributed by atoms with Crippen LogP contribution in [0.2, 0.25) is 0 Å². The van der Waals surface area contributed by atoms with E-state index in [-0.39, 0.29) is 11.4 Å². The summed E-state index contributed by atoms with van der Waals surface area (Å²) < 4.78 is 5.17. The maximum Gasteiger partial charge on any atom is 0.336 e. The Kier molecular flexibility index (Phi) is 4.00. The van der Waals surface area contributed by atoms with Crippen LogP contribution in [0.15, 0.2) is 44.9 Å². The van der Waals surface area contributed by atoms with Crippen LogP contribution >= 0.6 is 11.3 Å². The molecule has 3 aromatic rings. The minimum atomic E-state index is -0.381. The van der Waals surface area contributed by atoms with E-state index in [0.717, 1.165) is 24.0 Å². The number of hydrogen-bond acceptors (Lipinski definition) is 4. The third-order valence-electron chi connectivity index (χ3n) is 3.74. The summed E-state index contributed by atoms with van der Waals surface area (Å²) >= 11 is 1.76. The van der Waals surface area contributed by atoms with Crippen molar-refractivity contribution in [2.24, 2.45) is 0 Å². The molecule has 0 amide bonds. The first-order chi connectivity index (χ1) is 10.5. The molecule has 0 bridgehead atoms. The quantitative estimate of drug-likeness (QED) is 0.725. The van der Waals surface area contributed by atoms with Crippen molar-refractivity contribution in [3.8, 4) is 5.75 Å². The highest BCUT2D eigenvalue weighted by atomic mass is 32.1. The Labute approximate surface area is 132 Å². The fourth-order valence-corrected chi connectivity index (χ4v) is 3.63. The number of benzene rings is 1. The molecule has 0 saturated heterocycles. The lowest BCUT2D eigenvalue weighted by molar-refractivity contribution is -0.907. The molecule has 1 aromatic carbocycles. The molecular weight excluding hydrogens is 298 g/mol. The number of phenolic OH excluding ortho intramolecular Hbond substituents is 1. The molecule has 114 valence electrons. The molecule has 4 nitrogen and oxygen atoms in total. The van der Waals surface area contributed by atoms with Crippen molar-refractivity contribution in [3.63, 3.8) is 0 Å². The monoisotopic (exact) mass is 316 g/mol. The molecule has 3 rings (SSSR count). The van der Waals surface area contributed by atoms with Crippen molar-refractivity contribution in [3.05, 3.63) is 62.1 Å². The van der Waals surface area contributed by atoms with E-state index in [1.807, 2.05) is 0 Å². The number of phenols is 1. The number of aryl methyl sites for hydroxylation is 1. The van der Waals surface area contributed by atoms with Crippen LogP contribution in [0.4, 0.5) is 0 Å². The number of aromatic hydroxyl groups is 1. The summed E-state index contributed by atoms with van der Waals surface area (Å²) in [7, 11) is 2.11. The number of nitrogens with one attached hydrogen (secondary N) is 1. The first-order valence-electron chi connectivity index (χ1n) is 7.13. The van der Waals surface area contributed by atoms with Crippen LogP contribution in [0, 0.1) is 6.92 Å². The molecular formula is C17H18NO3S+. The first kappa shape index (κ1) is 14.8. The summed E-state index contributed by atoms with van der Waals surface area (Å²) in [5.74, 6) is 0.0997. The Balaban J connectivity index is 1.90. The fraction of sp³-hybridized carbons (Fsp3) is 0.235. The Morgan fingerprint density at radius 2 is 2.05 bits per heavy atom. The van der Waals surface area contributed by atoms with Crippen molar-refractivity contribution in [1.29, 1.82) is 0 Å². The molecule has 0 radical (unpaired) electrons. The average molecular weight is 316 g/mol. The van der Waals surface area contributed by atoms with Crippen molar-refractivity contribution in [1.82, 2.24) is 0 Å². The van der Waals surface area contributed by atoms with Crippen LogP contribution in [0.5, 0.6) is 5.75 Å². The summed E-state index contributed by atoms with van der Waals surface area (Å²) in [4.78, 5) is 14.4. The molecule has 0 aliphatic carbocycles. The third-order valence-corrected chi connectivity index (χ3v) is 4.76. The molecule has 1 unspecified atom stereocenters. The van der Waals surface area contributed by atoms with Crippen LogP contribution in [0.25, 0.3) is 11.0 Å². The van der Waals surface area contributed by atoms with Gasteiger partial charge in [0.2, 0.25) is 0 Å². The molecule has 1 atom stereocenters. The summed E-state index contributed by atoms with van der Waals surface area (Å²) in [6.45, 7) is 3.77. The van der Waals surface area contributed by atoms with Crippen LogP contribution < -0.4 is 10.5 Å². The topological polar surface area (TPSA) is 54.9 Å². The van der Waals surface area contributed by atoms with Gasteiger partial charge in [0.1, 0.15) is 24.4 Å². The van der Waals surface area contributed by atoms with E-state index < -0.39 is 0 Å². The first-order valence-corrected chi connectivity index (χ1v) is 8.01. The van der Waals surface area contributed by atoms with Gasteiger partial charge in [-0.05, 0) is 36.1 Å². The van der Waals surface area contributed by atoms with Gasteiger partial charge in [-0.15, -0.1) is 11.3 Å². The lowest BCUT2D eigenvalue weighted by Crippen LogP contribution is -3.06. The van der Waals surface area contributed by atoms with Gasteiger partial charge in [0, 0.05) is 23.1 Å². The maximum absolute atomic E-state index is 11.7. The van der Waals surface area contributed by atoms with Crippen LogP contribution in [0.3, 0.4) is 0 Å². The summed E-state index contributed by atoms with van der Waals surface area (Å²) in [6.07, 6.45) is 0. The van der Waals surface area contributed by atoms with E-state index in [0.29, 0.717) is 5.58 Å². The maximum atomic E-state index is 11.7. The van der Waals surface area contributed by atoms with Crippen molar-refractivity contribution in [2.45, 2.75) is 20.0 Å². The second-order valence-corrected chi connectivity index (χ2v) is 6.61. The Morgan fingerprint density at radius 1 is 1.23 bits per heavy atom. The SMILES string of the molecule is Cc1ccsc1C[NH+](C)Cc1cc(=O)oc2cc(O)ccc12. The second kappa shape index (κ2) is 5.94. The predicted octanol–water partition coefficient (Wildman–Crippen LogP) is 2.08. The molecule has 0 fully saturated rings. The van der Waals surface area contributed by atoms with Crippen molar-refractivity contribution in [2.75, 3.05) is 7.05 Å². The predicted molar refractivity (Wildman–Crippen MR) is 87.5 cm³/mol. The van der Waals surface area contributed by atoms with Crippen LogP contribution in [-0.4, -0.2) is 12.2 Å². The van der Waals surface area contributed by atoms with Gasteiger partial charge in [0.15, 0.2) is 0 Å². The lowest BCUT2D eigenvalue weighted by atomic mass is 10.1. The summed E-state index contributed by atoms with van der Waals surface area (Å²) in [6, 6.07) is 8.57. The number of thiophene rings is 1. The van der Waals surface area contributed by atoms with Crippen LogP contribution in [-0.2, 0) is 13.1 Å². The zero-order valence-corrected chi connectivity index (χ0v) is 13.4. The highest BCUT2D eigenvalue weighted by Crippen LogP contribution is 2.21. The van der Waals surface area contributed by atoms with Gasteiger partial charge in [-0.1, -0.05) is 0 Å². The molecule has 2 N–H and O–H groups in total. The third kappa shape index (κ3) is 3.05. The Morgan fingerprint density at radius 3 is 2.77 bits per heavy atom. The van der Waals surface area contributed by atoms with E-state index in [1.54, 1.807) is 29.5 Å². The number of fused-ring (bicyclic) bond motifs is 1. The molecule has 0 spiro atoms. The molecule has 0 saturated carbocycles. The molecule has 0 aliphatic heterocycles. The molecule has 2 aromatic heterocycles. The fourth-order valence-electron chi connectivity index (χ4n) is 2.61. The molecule has 0 aliphatic rings. The van der Waals surface area contributed by atoms with E-state index in [4.69, 9.17) is 4.42 Å². The smallest absolute Gasteiger partial charge is 0.336 e. The van der Waals surface area contributed by atoms with Crippen LogP contribution in [0.1, 0.15) is 16.0 Å². The highest BCUT2D eigenvalue weighted by Gasteiger charge is 2.13. The van der Waals surface area contributed by atoms with Crippen molar-refractivity contribution >= 4 is 22.3 Å². The van der Waals surface area contributed by atoms with Crippen molar-refractivity contribution < 1.29 is 14.4 Å². The number of quaternary nitrogens is 1. The zero-order chi connectivity index (χ0) is 15.7. The standard InChI is InChI=1S/C17H17NO3S/c1-11-5-6-22-16(11)10-18(2)9-12-7-17(20)21-15-8-13(19)3-4-14(12)15/h3-8,19H,9-10H2,1-2H3/p+1. The second-order valence-electron chi connectivity index (χ2n) is 5.61. The van der Waals surface area contributed by atoms with Gasteiger partial charge < -0.3 is 14.4 Å². The van der Waals surface area contributed by atoms with E-state index in [1.165, 1.54) is 21.4 Å². The number of rotatable bonds is 4. The van der Waals surface area contributed by atoms with E-state index in [2.05, 4.69) is 25.4 Å². The van der Waals surface area contributed by atoms with E-state index in [9.17, 15) is 9.90 Å². The Hall–Kier alpha value is -2.11. The van der Waals surface area contributed by atoms with Gasteiger partial charge in [0.25, 0.3) is 0 Å². The largest absolute Gasteiger partial charge is 0.508 e. The molecule has 22 heavy (non-hydrogen) atoms. The van der Waals surface area contributed by atoms with Gasteiger partial charge >= 0.3 is 5.63 Å².